The summed E-state index contributed by atoms with van der Waals surface area (Å²) in [5.41, 5.74) is 0.642. The lowest BCUT2D eigenvalue weighted by Gasteiger charge is -2.38. The molecule has 0 radical (unpaired) electrons. The van der Waals surface area contributed by atoms with Crippen molar-refractivity contribution in [3.8, 4) is 0 Å². The van der Waals surface area contributed by atoms with Crippen molar-refractivity contribution in [3.63, 3.8) is 0 Å². The van der Waals surface area contributed by atoms with Gasteiger partial charge in [0.15, 0.2) is 5.41 Å². The van der Waals surface area contributed by atoms with Gasteiger partial charge in [0.05, 0.1) is 19.3 Å². The number of benzene rings is 1. The largest absolute Gasteiger partial charge is 0.465 e. The van der Waals surface area contributed by atoms with Gasteiger partial charge in [-0.25, -0.2) is 0 Å². The number of fused-ring (bicyclic) bond motifs is 3. The summed E-state index contributed by atoms with van der Waals surface area (Å²) in [6.07, 6.45) is 0.435. The highest BCUT2D eigenvalue weighted by Crippen LogP contribution is 2.62. The zero-order valence-electron chi connectivity index (χ0n) is 15.7. The number of para-hydroxylation sites is 1. The van der Waals surface area contributed by atoms with Gasteiger partial charge in [-0.2, -0.15) is 0 Å². The molecule has 1 fully saturated rings. The SMILES string of the molecule is CCOC(=O)C1(C(=O)OCC)C[C@H](C)[C@@]2(C)c3ccccc3N(C)[C@@H]12. The first-order valence-corrected chi connectivity index (χ1v) is 9.02. The normalized spacial score (nSPS) is 29.1. The molecule has 136 valence electrons. The van der Waals surface area contributed by atoms with Gasteiger partial charge in [-0.05, 0) is 37.8 Å². The molecule has 2 aliphatic rings. The van der Waals surface area contributed by atoms with Crippen LogP contribution in [0.1, 0.15) is 39.7 Å². The standard InChI is InChI=1S/C20H27NO4/c1-6-24-17(22)20(18(23)25-7-2)12-13(3)19(4)14-10-8-9-11-15(14)21(5)16(19)20/h8-11,13,16H,6-7,12H2,1-5H3/t13-,16+,19-/m0/s1. The van der Waals surface area contributed by atoms with Crippen molar-refractivity contribution in [2.24, 2.45) is 11.3 Å². The minimum atomic E-state index is -1.30. The van der Waals surface area contributed by atoms with Gasteiger partial charge in [-0.15, -0.1) is 0 Å². The maximum absolute atomic E-state index is 13.1. The van der Waals surface area contributed by atoms with Crippen LogP contribution in [0.4, 0.5) is 5.69 Å². The van der Waals surface area contributed by atoms with E-state index >= 15 is 0 Å². The van der Waals surface area contributed by atoms with Gasteiger partial charge >= 0.3 is 11.9 Å². The van der Waals surface area contributed by atoms with Crippen molar-refractivity contribution < 1.29 is 19.1 Å². The monoisotopic (exact) mass is 345 g/mol. The second-order valence-corrected chi connectivity index (χ2v) is 7.33. The van der Waals surface area contributed by atoms with Crippen LogP contribution in [-0.2, 0) is 24.5 Å². The molecular weight excluding hydrogens is 318 g/mol. The van der Waals surface area contributed by atoms with Crippen molar-refractivity contribution in [2.45, 2.75) is 45.6 Å². The highest BCUT2D eigenvalue weighted by atomic mass is 16.6. The third-order valence-electron chi connectivity index (χ3n) is 6.22. The van der Waals surface area contributed by atoms with Crippen LogP contribution in [0.25, 0.3) is 0 Å². The highest BCUT2D eigenvalue weighted by molar-refractivity contribution is 6.03. The van der Waals surface area contributed by atoms with Crippen LogP contribution in [0.2, 0.25) is 0 Å². The topological polar surface area (TPSA) is 55.8 Å². The molecule has 1 aromatic carbocycles. The summed E-state index contributed by atoms with van der Waals surface area (Å²) in [6, 6.07) is 7.84. The molecule has 5 heteroatoms. The number of hydrogen-bond acceptors (Lipinski definition) is 5. The molecular formula is C20H27NO4. The average Bonchev–Trinajstić information content (AvgIpc) is 2.97. The van der Waals surface area contributed by atoms with E-state index < -0.39 is 17.4 Å². The molecule has 1 saturated carbocycles. The van der Waals surface area contributed by atoms with Gasteiger partial charge in [-0.1, -0.05) is 32.0 Å². The minimum Gasteiger partial charge on any atom is -0.465 e. The fourth-order valence-electron chi connectivity index (χ4n) is 5.10. The van der Waals surface area contributed by atoms with E-state index in [2.05, 4.69) is 24.8 Å². The summed E-state index contributed by atoms with van der Waals surface area (Å²) in [6.45, 7) is 8.29. The molecule has 0 saturated heterocycles. The van der Waals surface area contributed by atoms with Gasteiger partial charge in [0.2, 0.25) is 0 Å². The maximum atomic E-state index is 13.1. The number of carbonyl (C=O) groups is 2. The van der Waals surface area contributed by atoms with Crippen LogP contribution in [0.3, 0.4) is 0 Å². The molecule has 1 aliphatic carbocycles. The van der Waals surface area contributed by atoms with Crippen LogP contribution < -0.4 is 4.90 Å². The van der Waals surface area contributed by atoms with E-state index in [0.717, 1.165) is 5.69 Å². The van der Waals surface area contributed by atoms with Crippen molar-refractivity contribution >= 4 is 17.6 Å². The van der Waals surface area contributed by atoms with Gasteiger partial charge in [0.25, 0.3) is 0 Å². The van der Waals surface area contributed by atoms with Gasteiger partial charge in [-0.3, -0.25) is 9.59 Å². The van der Waals surface area contributed by atoms with E-state index in [-0.39, 0.29) is 30.6 Å². The Morgan fingerprint density at radius 3 is 2.28 bits per heavy atom. The van der Waals surface area contributed by atoms with E-state index in [1.54, 1.807) is 13.8 Å². The Morgan fingerprint density at radius 2 is 1.72 bits per heavy atom. The molecule has 25 heavy (non-hydrogen) atoms. The lowest BCUT2D eigenvalue weighted by molar-refractivity contribution is -0.173. The predicted molar refractivity (Wildman–Crippen MR) is 95.5 cm³/mol. The van der Waals surface area contributed by atoms with Gasteiger partial charge < -0.3 is 14.4 Å². The zero-order chi connectivity index (χ0) is 18.4. The molecule has 0 unspecified atom stereocenters. The number of likely N-dealkylation sites (N-methyl/N-ethyl adjacent to an activating group) is 1. The number of hydrogen-bond donors (Lipinski definition) is 0. The first kappa shape index (κ1) is 17.8. The smallest absolute Gasteiger partial charge is 0.325 e. The molecule has 5 nitrogen and oxygen atoms in total. The summed E-state index contributed by atoms with van der Waals surface area (Å²) in [4.78, 5) is 28.2. The van der Waals surface area contributed by atoms with E-state index in [1.165, 1.54) is 5.56 Å². The van der Waals surface area contributed by atoms with E-state index in [1.807, 2.05) is 25.2 Å². The van der Waals surface area contributed by atoms with E-state index in [4.69, 9.17) is 9.47 Å². The Labute approximate surface area is 149 Å². The Hall–Kier alpha value is -2.04. The summed E-state index contributed by atoms with van der Waals surface area (Å²) in [5.74, 6) is -0.792. The lowest BCUT2D eigenvalue weighted by Crippen LogP contribution is -2.56. The first-order valence-electron chi connectivity index (χ1n) is 9.02. The molecule has 0 spiro atoms. The Kier molecular flexibility index (Phi) is 4.30. The summed E-state index contributed by atoms with van der Waals surface area (Å²) in [7, 11) is 1.96. The van der Waals surface area contributed by atoms with Crippen molar-refractivity contribution in [3.05, 3.63) is 29.8 Å². The summed E-state index contributed by atoms with van der Waals surface area (Å²) < 4.78 is 10.8. The average molecular weight is 345 g/mol. The molecule has 0 bridgehead atoms. The van der Waals surface area contributed by atoms with Gasteiger partial charge in [0, 0.05) is 18.2 Å². The fourth-order valence-corrected chi connectivity index (χ4v) is 5.10. The molecule has 0 amide bonds. The van der Waals surface area contributed by atoms with Crippen molar-refractivity contribution in [1.82, 2.24) is 0 Å². The van der Waals surface area contributed by atoms with Crippen LogP contribution in [-0.4, -0.2) is 38.2 Å². The third-order valence-corrected chi connectivity index (χ3v) is 6.22. The Balaban J connectivity index is 2.20. The molecule has 3 rings (SSSR count). The first-order chi connectivity index (χ1) is 11.9. The number of anilines is 1. The number of nitrogens with zero attached hydrogens (tertiary/aromatic N) is 1. The summed E-state index contributed by atoms with van der Waals surface area (Å²) >= 11 is 0. The van der Waals surface area contributed by atoms with Crippen LogP contribution >= 0.6 is 0 Å². The number of rotatable bonds is 4. The second-order valence-electron chi connectivity index (χ2n) is 7.33. The number of carbonyl (C=O) groups excluding carboxylic acids is 2. The molecule has 0 aromatic heterocycles. The van der Waals surface area contributed by atoms with Gasteiger partial charge in [0.1, 0.15) is 0 Å². The quantitative estimate of drug-likeness (QED) is 0.620. The highest BCUT2D eigenvalue weighted by Gasteiger charge is 2.72. The van der Waals surface area contributed by atoms with Crippen LogP contribution in [0.5, 0.6) is 0 Å². The molecule has 1 aliphatic heterocycles. The minimum absolute atomic E-state index is 0.136. The molecule has 0 N–H and O–H groups in total. The number of esters is 2. The fraction of sp³-hybridized carbons (Fsp3) is 0.600. The van der Waals surface area contributed by atoms with Crippen LogP contribution in [0.15, 0.2) is 24.3 Å². The third kappa shape index (κ3) is 2.14. The Bertz CT molecular complexity index is 683. The van der Waals surface area contributed by atoms with Crippen LogP contribution in [0, 0.1) is 11.3 Å². The predicted octanol–water partition coefficient (Wildman–Crippen LogP) is 2.92. The lowest BCUT2D eigenvalue weighted by atomic mass is 9.71. The molecule has 1 aromatic rings. The summed E-state index contributed by atoms with van der Waals surface area (Å²) in [5, 5.41) is 0. The van der Waals surface area contributed by atoms with Crippen molar-refractivity contribution in [1.29, 1.82) is 0 Å². The number of ether oxygens (including phenoxy) is 2. The second kappa shape index (κ2) is 6.04. The van der Waals surface area contributed by atoms with Crippen molar-refractivity contribution in [2.75, 3.05) is 25.2 Å². The Morgan fingerprint density at radius 1 is 1.16 bits per heavy atom. The van der Waals surface area contributed by atoms with E-state index in [9.17, 15) is 9.59 Å². The zero-order valence-corrected chi connectivity index (χ0v) is 15.7. The van der Waals surface area contributed by atoms with E-state index in [0.29, 0.717) is 6.42 Å². The molecule has 3 atom stereocenters. The molecule has 1 heterocycles. The maximum Gasteiger partial charge on any atom is 0.325 e.